The number of ether oxygens (including phenoxy) is 1. The van der Waals surface area contributed by atoms with Gasteiger partial charge in [0.05, 0.1) is 12.7 Å². The highest BCUT2D eigenvalue weighted by Crippen LogP contribution is 2.69. The molecule has 1 nitrogen and oxygen atoms in total. The van der Waals surface area contributed by atoms with Gasteiger partial charge in [0, 0.05) is 5.41 Å². The molecule has 160 valence electrons. The topological polar surface area (TPSA) is 9.23 Å². The fourth-order valence-corrected chi connectivity index (χ4v) is 9.77. The molecular weight excluding hydrogens is 340 g/mol. The predicted molar refractivity (Wildman–Crippen MR) is 117 cm³/mol. The average Bonchev–Trinajstić information content (AvgIpc) is 3.18. The Bertz CT molecular complexity index is 569. The molecule has 5 aliphatic rings. The molecule has 0 aromatic carbocycles. The van der Waals surface area contributed by atoms with E-state index in [0.717, 1.165) is 48.0 Å². The van der Waals surface area contributed by atoms with Crippen LogP contribution in [0.25, 0.3) is 0 Å². The Balaban J connectivity index is 1.31. The van der Waals surface area contributed by atoms with E-state index in [-0.39, 0.29) is 0 Å². The van der Waals surface area contributed by atoms with E-state index in [9.17, 15) is 0 Å². The zero-order valence-electron chi connectivity index (χ0n) is 19.2. The van der Waals surface area contributed by atoms with Crippen molar-refractivity contribution < 1.29 is 4.74 Å². The molecule has 5 fully saturated rings. The van der Waals surface area contributed by atoms with Crippen molar-refractivity contribution >= 4 is 0 Å². The highest BCUT2D eigenvalue weighted by Gasteiger charge is 2.63. The van der Waals surface area contributed by atoms with Crippen molar-refractivity contribution in [2.75, 3.05) is 6.61 Å². The van der Waals surface area contributed by atoms with E-state index in [0.29, 0.717) is 16.9 Å². The lowest BCUT2D eigenvalue weighted by Crippen LogP contribution is -2.54. The SMILES string of the molecule is CC(C)CCC[C@@H](C)[C@@H]1CC[C@@H]2[C@H]3CC[C@H]4CC[C@H]5C[C@@]4(CO5)[C@@H]3CC[C@@]21C. The van der Waals surface area contributed by atoms with Crippen molar-refractivity contribution in [3.8, 4) is 0 Å². The molecule has 0 aromatic rings. The van der Waals surface area contributed by atoms with E-state index >= 15 is 0 Å². The highest BCUT2D eigenvalue weighted by molar-refractivity contribution is 5.12. The second-order valence-corrected chi connectivity index (χ2v) is 12.6. The first kappa shape index (κ1) is 19.9. The van der Waals surface area contributed by atoms with Crippen molar-refractivity contribution in [3.63, 3.8) is 0 Å². The number of hydrogen-bond acceptors (Lipinski definition) is 1. The quantitative estimate of drug-likeness (QED) is 0.475. The van der Waals surface area contributed by atoms with Crippen LogP contribution in [-0.4, -0.2) is 12.7 Å². The third kappa shape index (κ3) is 2.96. The van der Waals surface area contributed by atoms with E-state index < -0.39 is 0 Å². The summed E-state index contributed by atoms with van der Waals surface area (Å²) in [6.07, 6.45) is 18.4. The van der Waals surface area contributed by atoms with Gasteiger partial charge in [0.1, 0.15) is 0 Å². The Morgan fingerprint density at radius 2 is 1.71 bits per heavy atom. The molecule has 28 heavy (non-hydrogen) atoms. The van der Waals surface area contributed by atoms with Gasteiger partial charge < -0.3 is 4.74 Å². The zero-order chi connectivity index (χ0) is 19.5. The van der Waals surface area contributed by atoms with E-state index in [1.165, 1.54) is 64.2 Å². The standard InChI is InChI=1S/C27H46O/c1-18(2)6-5-7-19(3)23-12-13-24-22-11-9-20-8-10-21-16-27(20,17-28-21)25(22)14-15-26(23,24)4/h18-25H,5-17H2,1-4H3/t19-,20-,21+,22-,23+,24-,25-,26-,27+/m1/s1. The van der Waals surface area contributed by atoms with Gasteiger partial charge in [-0.15, -0.1) is 0 Å². The van der Waals surface area contributed by atoms with Crippen molar-refractivity contribution in [3.05, 3.63) is 0 Å². The van der Waals surface area contributed by atoms with Crippen LogP contribution >= 0.6 is 0 Å². The van der Waals surface area contributed by atoms with Gasteiger partial charge in [-0.1, -0.05) is 47.0 Å². The van der Waals surface area contributed by atoms with Crippen LogP contribution in [0.3, 0.4) is 0 Å². The minimum atomic E-state index is 0.605. The largest absolute Gasteiger partial charge is 0.378 e. The summed E-state index contributed by atoms with van der Waals surface area (Å²) in [6.45, 7) is 11.2. The van der Waals surface area contributed by atoms with Crippen LogP contribution < -0.4 is 0 Å². The summed E-state index contributed by atoms with van der Waals surface area (Å²) in [7, 11) is 0. The molecule has 0 aromatic heterocycles. The van der Waals surface area contributed by atoms with Gasteiger partial charge in [-0.2, -0.15) is 0 Å². The smallest absolute Gasteiger partial charge is 0.0581 e. The fraction of sp³-hybridized carbons (Fsp3) is 1.00. The Morgan fingerprint density at radius 1 is 0.893 bits per heavy atom. The summed E-state index contributed by atoms with van der Waals surface area (Å²) in [5.41, 5.74) is 1.25. The zero-order valence-corrected chi connectivity index (χ0v) is 19.2. The molecule has 1 spiro atoms. The second kappa shape index (κ2) is 7.28. The van der Waals surface area contributed by atoms with Gasteiger partial charge in [-0.3, -0.25) is 0 Å². The van der Waals surface area contributed by atoms with Crippen LogP contribution in [0.5, 0.6) is 0 Å². The third-order valence-corrected chi connectivity index (χ3v) is 11.1. The van der Waals surface area contributed by atoms with Gasteiger partial charge in [0.15, 0.2) is 0 Å². The van der Waals surface area contributed by atoms with Gasteiger partial charge in [0.25, 0.3) is 0 Å². The molecule has 4 aliphatic carbocycles. The average molecular weight is 387 g/mol. The van der Waals surface area contributed by atoms with Crippen molar-refractivity contribution in [2.24, 2.45) is 52.3 Å². The molecule has 0 amide bonds. The number of fused-ring (bicyclic) bond motifs is 4. The minimum absolute atomic E-state index is 0.605. The Hall–Kier alpha value is -0.0400. The van der Waals surface area contributed by atoms with Gasteiger partial charge >= 0.3 is 0 Å². The van der Waals surface area contributed by atoms with E-state index in [1.54, 1.807) is 12.8 Å². The van der Waals surface area contributed by atoms with Crippen LogP contribution in [0.4, 0.5) is 0 Å². The lowest BCUT2D eigenvalue weighted by molar-refractivity contribution is -0.111. The molecule has 4 saturated carbocycles. The summed E-state index contributed by atoms with van der Waals surface area (Å²) >= 11 is 0. The summed E-state index contributed by atoms with van der Waals surface area (Å²) in [4.78, 5) is 0. The molecule has 1 aliphatic heterocycles. The van der Waals surface area contributed by atoms with Gasteiger partial charge in [0.2, 0.25) is 0 Å². The normalized spacial score (nSPS) is 50.9. The maximum atomic E-state index is 6.35. The summed E-state index contributed by atoms with van der Waals surface area (Å²) in [6, 6.07) is 0. The minimum Gasteiger partial charge on any atom is -0.378 e. The molecule has 1 saturated heterocycles. The Kier molecular flexibility index (Phi) is 5.17. The fourth-order valence-electron chi connectivity index (χ4n) is 9.77. The molecule has 9 atom stereocenters. The summed E-state index contributed by atoms with van der Waals surface area (Å²) < 4.78 is 6.35. The highest BCUT2D eigenvalue weighted by atomic mass is 16.5. The maximum absolute atomic E-state index is 6.35. The molecule has 1 heterocycles. The molecular formula is C27H46O. The van der Waals surface area contributed by atoms with Gasteiger partial charge in [-0.05, 0) is 105 Å². The first-order chi connectivity index (χ1) is 13.4. The van der Waals surface area contributed by atoms with Crippen LogP contribution in [0.2, 0.25) is 0 Å². The number of hydrogen-bond donors (Lipinski definition) is 0. The van der Waals surface area contributed by atoms with Crippen molar-refractivity contribution in [1.29, 1.82) is 0 Å². The summed E-state index contributed by atoms with van der Waals surface area (Å²) in [5, 5.41) is 0. The van der Waals surface area contributed by atoms with Crippen molar-refractivity contribution in [2.45, 2.75) is 111 Å². The maximum Gasteiger partial charge on any atom is 0.0581 e. The number of rotatable bonds is 5. The van der Waals surface area contributed by atoms with E-state index in [4.69, 9.17) is 4.74 Å². The first-order valence-corrected chi connectivity index (χ1v) is 13.1. The molecule has 0 radical (unpaired) electrons. The van der Waals surface area contributed by atoms with Gasteiger partial charge in [-0.25, -0.2) is 0 Å². The molecule has 0 unspecified atom stereocenters. The molecule has 2 bridgehead atoms. The van der Waals surface area contributed by atoms with Crippen molar-refractivity contribution in [1.82, 2.24) is 0 Å². The van der Waals surface area contributed by atoms with Crippen LogP contribution in [0, 0.1) is 52.3 Å². The monoisotopic (exact) mass is 386 g/mol. The molecule has 1 heteroatoms. The molecule has 0 N–H and O–H groups in total. The molecule has 5 rings (SSSR count). The third-order valence-electron chi connectivity index (χ3n) is 11.1. The Labute approximate surface area is 174 Å². The first-order valence-electron chi connectivity index (χ1n) is 13.1. The van der Waals surface area contributed by atoms with Crippen LogP contribution in [-0.2, 0) is 4.74 Å². The second-order valence-electron chi connectivity index (χ2n) is 12.6. The van der Waals surface area contributed by atoms with E-state index in [1.807, 2.05) is 0 Å². The lowest BCUT2D eigenvalue weighted by atomic mass is 9.44. The Morgan fingerprint density at radius 3 is 2.54 bits per heavy atom. The van der Waals surface area contributed by atoms with E-state index in [2.05, 4.69) is 27.7 Å². The predicted octanol–water partition coefficient (Wildman–Crippen LogP) is 7.49. The van der Waals surface area contributed by atoms with Crippen LogP contribution in [0.1, 0.15) is 105 Å². The lowest BCUT2D eigenvalue weighted by Gasteiger charge is -2.60. The van der Waals surface area contributed by atoms with Crippen LogP contribution in [0.15, 0.2) is 0 Å². The summed E-state index contributed by atoms with van der Waals surface area (Å²) in [5.74, 6) is 6.88.